The number of benzene rings is 1. The van der Waals surface area contributed by atoms with Crippen molar-refractivity contribution >= 4 is 34.3 Å². The van der Waals surface area contributed by atoms with Crippen LogP contribution in [0.25, 0.3) is 0 Å². The van der Waals surface area contributed by atoms with E-state index >= 15 is 0 Å². The van der Waals surface area contributed by atoms with Gasteiger partial charge >= 0.3 is 12.3 Å². The van der Waals surface area contributed by atoms with Crippen LogP contribution in [-0.2, 0) is 0 Å². The molecule has 2 saturated heterocycles. The van der Waals surface area contributed by atoms with Gasteiger partial charge in [0, 0.05) is 42.1 Å². The first kappa shape index (κ1) is 20.6. The number of nitrogens with one attached hydrogen (secondary N) is 1. The second kappa shape index (κ2) is 7.97. The van der Waals surface area contributed by atoms with Gasteiger partial charge in [-0.2, -0.15) is 4.99 Å². The van der Waals surface area contributed by atoms with E-state index in [0.29, 0.717) is 28.8 Å². The highest BCUT2D eigenvalue weighted by molar-refractivity contribution is 8.18. The average molecular weight is 459 g/mol. The minimum atomic E-state index is -3.72. The third kappa shape index (κ3) is 3.95. The van der Waals surface area contributed by atoms with Crippen LogP contribution in [0.1, 0.15) is 12.8 Å². The zero-order chi connectivity index (χ0) is 22.3. The first-order chi connectivity index (χ1) is 15.4. The Bertz CT molecular complexity index is 1090. The summed E-state index contributed by atoms with van der Waals surface area (Å²) in [4.78, 5) is 25.3. The van der Waals surface area contributed by atoms with Crippen LogP contribution in [0.5, 0.6) is 11.5 Å². The molecule has 0 radical (unpaired) electrons. The lowest BCUT2D eigenvalue weighted by molar-refractivity contribution is -0.286. The molecule has 1 N–H and O–H groups in total. The molecule has 3 aliphatic rings. The number of likely N-dealkylation sites (tertiary alicyclic amines) is 1. The number of fused-ring (bicyclic) bond motifs is 1. The van der Waals surface area contributed by atoms with Crippen LogP contribution in [0, 0.1) is 0 Å². The summed E-state index contributed by atoms with van der Waals surface area (Å²) >= 11 is 1.25. The van der Waals surface area contributed by atoms with E-state index in [1.54, 1.807) is 34.3 Å². The molecule has 1 aromatic heterocycles. The number of thioether (sulfide) groups is 1. The first-order valence-corrected chi connectivity index (χ1v) is 10.8. The van der Waals surface area contributed by atoms with Crippen molar-refractivity contribution in [2.75, 3.05) is 23.3 Å². The molecular formula is C21H19F2N5O3S. The van der Waals surface area contributed by atoms with Crippen molar-refractivity contribution in [2.45, 2.75) is 25.3 Å². The van der Waals surface area contributed by atoms with Crippen LogP contribution >= 0.6 is 11.8 Å². The highest BCUT2D eigenvalue weighted by Crippen LogP contribution is 2.45. The second-order valence-corrected chi connectivity index (χ2v) is 8.49. The SMILES string of the molecule is C=C1SC(=NC(=O)N2CCCC2)N(c2ccc3c(c2)OC(F)(F)O3)C1Nc1cccnc1. The molecule has 0 spiro atoms. The van der Waals surface area contributed by atoms with Crippen molar-refractivity contribution in [3.63, 3.8) is 0 Å². The van der Waals surface area contributed by atoms with Crippen LogP contribution < -0.4 is 19.7 Å². The van der Waals surface area contributed by atoms with E-state index < -0.39 is 12.5 Å². The van der Waals surface area contributed by atoms with E-state index in [1.165, 1.54) is 23.9 Å². The first-order valence-electron chi connectivity index (χ1n) is 9.99. The Hall–Kier alpha value is -3.34. The highest BCUT2D eigenvalue weighted by Gasteiger charge is 2.44. The maximum absolute atomic E-state index is 13.5. The third-order valence-corrected chi connectivity index (χ3v) is 6.14. The summed E-state index contributed by atoms with van der Waals surface area (Å²) in [6, 6.07) is 7.73. The quantitative estimate of drug-likeness (QED) is 0.725. The Morgan fingerprint density at radius 3 is 2.78 bits per heavy atom. The lowest BCUT2D eigenvalue weighted by Crippen LogP contribution is -2.39. The number of alkyl halides is 2. The van der Waals surface area contributed by atoms with Crippen LogP contribution in [0.2, 0.25) is 0 Å². The largest absolute Gasteiger partial charge is 0.586 e. The van der Waals surface area contributed by atoms with Gasteiger partial charge in [-0.15, -0.1) is 8.78 Å². The normalized spacial score (nSPS) is 22.6. The summed E-state index contributed by atoms with van der Waals surface area (Å²) in [7, 11) is 0. The summed E-state index contributed by atoms with van der Waals surface area (Å²) < 4.78 is 36.2. The van der Waals surface area contributed by atoms with Crippen LogP contribution in [0.15, 0.2) is 59.2 Å². The molecule has 166 valence electrons. The predicted octanol–water partition coefficient (Wildman–Crippen LogP) is 4.48. The molecule has 4 heterocycles. The number of anilines is 2. The molecule has 1 unspecified atom stereocenters. The van der Waals surface area contributed by atoms with Crippen LogP contribution in [0.4, 0.5) is 25.0 Å². The zero-order valence-corrected chi connectivity index (χ0v) is 17.6. The number of nitrogens with zero attached hydrogens (tertiary/aromatic N) is 4. The maximum atomic E-state index is 13.5. The molecule has 2 aromatic rings. The topological polar surface area (TPSA) is 79.3 Å². The molecule has 11 heteroatoms. The molecule has 5 rings (SSSR count). The van der Waals surface area contributed by atoms with E-state index in [2.05, 4.69) is 31.3 Å². The number of amides is 2. The molecule has 2 amide bonds. The number of carbonyl (C=O) groups is 1. The smallest absolute Gasteiger partial charge is 0.395 e. The lowest BCUT2D eigenvalue weighted by Gasteiger charge is -2.27. The summed E-state index contributed by atoms with van der Waals surface area (Å²) in [5.41, 5.74) is 1.22. The van der Waals surface area contributed by atoms with Crippen molar-refractivity contribution in [2.24, 2.45) is 4.99 Å². The van der Waals surface area contributed by atoms with Gasteiger partial charge in [0.25, 0.3) is 0 Å². The highest BCUT2D eigenvalue weighted by atomic mass is 32.2. The molecule has 2 fully saturated rings. The van der Waals surface area contributed by atoms with E-state index in [4.69, 9.17) is 0 Å². The van der Waals surface area contributed by atoms with Gasteiger partial charge in [0.2, 0.25) is 0 Å². The van der Waals surface area contributed by atoms with Gasteiger partial charge in [0.15, 0.2) is 16.7 Å². The number of carbonyl (C=O) groups excluding carboxylic acids is 1. The Kier molecular flexibility index (Phi) is 5.12. The average Bonchev–Trinajstić information content (AvgIpc) is 3.46. The standard InChI is InChI=1S/C21H19F2N5O3S/c1-13-18(25-14-5-4-8-24-12-14)28(20(32-13)26-19(29)27-9-2-3-10-27)15-6-7-16-17(11-15)31-21(22,23)30-16/h4-8,11-12,18,25H,1-3,9-10H2. The fourth-order valence-corrected chi connectivity index (χ4v) is 4.66. The number of hydrogen-bond acceptors (Lipinski definition) is 6. The molecule has 0 saturated carbocycles. The number of halogens is 2. The number of urea groups is 1. The van der Waals surface area contributed by atoms with Crippen LogP contribution in [0.3, 0.4) is 0 Å². The monoisotopic (exact) mass is 459 g/mol. The summed E-state index contributed by atoms with van der Waals surface area (Å²) in [6.07, 6.45) is 0.973. The van der Waals surface area contributed by atoms with Crippen molar-refractivity contribution in [1.29, 1.82) is 0 Å². The van der Waals surface area contributed by atoms with Crippen molar-refractivity contribution in [3.05, 3.63) is 54.2 Å². The number of aliphatic imine (C=N–C) groups is 1. The number of aromatic nitrogens is 1. The predicted molar refractivity (Wildman–Crippen MR) is 117 cm³/mol. The number of rotatable bonds is 3. The third-order valence-electron chi connectivity index (χ3n) is 5.19. The summed E-state index contributed by atoms with van der Waals surface area (Å²) in [6.45, 7) is 5.44. The van der Waals surface area contributed by atoms with Gasteiger partial charge in [0.1, 0.15) is 6.17 Å². The zero-order valence-electron chi connectivity index (χ0n) is 16.8. The molecule has 32 heavy (non-hydrogen) atoms. The minimum absolute atomic E-state index is 0.0622. The molecule has 8 nitrogen and oxygen atoms in total. The van der Waals surface area contributed by atoms with Crippen molar-refractivity contribution in [1.82, 2.24) is 9.88 Å². The number of hydrogen-bond donors (Lipinski definition) is 1. The second-order valence-electron chi connectivity index (χ2n) is 7.40. The van der Waals surface area contributed by atoms with Gasteiger partial charge in [-0.25, -0.2) is 4.79 Å². The molecule has 0 aliphatic carbocycles. The summed E-state index contributed by atoms with van der Waals surface area (Å²) in [5, 5.41) is 3.70. The fraction of sp³-hybridized carbons (Fsp3) is 0.286. The van der Waals surface area contributed by atoms with Gasteiger partial charge in [0.05, 0.1) is 5.69 Å². The van der Waals surface area contributed by atoms with Gasteiger partial charge in [-0.05, 0) is 37.1 Å². The van der Waals surface area contributed by atoms with E-state index in [1.807, 2.05) is 6.07 Å². The van der Waals surface area contributed by atoms with E-state index in [0.717, 1.165) is 18.5 Å². The van der Waals surface area contributed by atoms with E-state index in [-0.39, 0.29) is 17.5 Å². The lowest BCUT2D eigenvalue weighted by atomic mass is 10.2. The van der Waals surface area contributed by atoms with Crippen molar-refractivity contribution < 1.29 is 23.0 Å². The Balaban J connectivity index is 1.51. The minimum Gasteiger partial charge on any atom is -0.395 e. The number of amidine groups is 1. The van der Waals surface area contributed by atoms with Gasteiger partial charge in [-0.3, -0.25) is 9.88 Å². The Morgan fingerprint density at radius 2 is 2.03 bits per heavy atom. The molecule has 0 bridgehead atoms. The fourth-order valence-electron chi connectivity index (χ4n) is 3.71. The number of ether oxygens (including phenoxy) is 2. The van der Waals surface area contributed by atoms with Crippen molar-refractivity contribution in [3.8, 4) is 11.5 Å². The van der Waals surface area contributed by atoms with E-state index in [9.17, 15) is 13.6 Å². The molecule has 1 aromatic carbocycles. The maximum Gasteiger partial charge on any atom is 0.586 e. The Labute approximate surface area is 186 Å². The Morgan fingerprint density at radius 1 is 1.25 bits per heavy atom. The van der Waals surface area contributed by atoms with Crippen LogP contribution in [-0.4, -0.2) is 46.6 Å². The summed E-state index contributed by atoms with van der Waals surface area (Å²) in [5.74, 6) is -0.159. The molecular weight excluding hydrogens is 440 g/mol. The number of pyridine rings is 1. The molecule has 3 aliphatic heterocycles. The van der Waals surface area contributed by atoms with Gasteiger partial charge in [-0.1, -0.05) is 18.3 Å². The molecule has 1 atom stereocenters. The van der Waals surface area contributed by atoms with Gasteiger partial charge < -0.3 is 19.7 Å².